The molecule has 2 aromatic rings. The molecule has 0 spiro atoms. The summed E-state index contributed by atoms with van der Waals surface area (Å²) in [6.45, 7) is 2.88. The number of alkyl halides is 1. The van der Waals surface area contributed by atoms with Gasteiger partial charge in [-0.25, -0.2) is 4.79 Å². The molecule has 3 heterocycles. The molecule has 10 nitrogen and oxygen atoms in total. The zero-order chi connectivity index (χ0) is 26.5. The minimum absolute atomic E-state index is 0.0568. The number of benzene rings is 1. The molecular formula is C23H23ClN4O6S3. The van der Waals surface area contributed by atoms with Gasteiger partial charge < -0.3 is 14.8 Å². The lowest BCUT2D eigenvalue weighted by molar-refractivity contribution is -0.167. The molecule has 2 unspecified atom stereocenters. The highest BCUT2D eigenvalue weighted by molar-refractivity contribution is 8.07. The summed E-state index contributed by atoms with van der Waals surface area (Å²) in [7, 11) is 0. The number of ether oxygens (including phenoxy) is 2. The lowest BCUT2D eigenvalue weighted by atomic mass is 10.0. The van der Waals surface area contributed by atoms with E-state index in [1.165, 1.54) is 39.8 Å². The average molecular weight is 583 g/mol. The SMILES string of the molecule is CCC(=O)OCOC(=O)C1=C(Sc2nnc(C)s2)CSC2C(NC(=O)Cc3ccc(CCl)cc3)C(=O)N12. The number of nitrogens with zero attached hydrogens (tertiary/aromatic N) is 3. The van der Waals surface area contributed by atoms with E-state index in [0.29, 0.717) is 20.9 Å². The second-order valence-corrected chi connectivity index (χ2v) is 11.9. The number of halogens is 1. The average Bonchev–Trinajstić information content (AvgIpc) is 3.31. The molecule has 0 radical (unpaired) electrons. The smallest absolute Gasteiger partial charge is 0.358 e. The van der Waals surface area contributed by atoms with Gasteiger partial charge in [-0.2, -0.15) is 0 Å². The zero-order valence-electron chi connectivity index (χ0n) is 19.9. The van der Waals surface area contributed by atoms with Crippen molar-refractivity contribution in [2.24, 2.45) is 0 Å². The molecule has 2 atom stereocenters. The van der Waals surface area contributed by atoms with Crippen LogP contribution in [0, 0.1) is 6.92 Å². The van der Waals surface area contributed by atoms with Crippen molar-refractivity contribution in [1.82, 2.24) is 20.4 Å². The Morgan fingerprint density at radius 2 is 1.92 bits per heavy atom. The van der Waals surface area contributed by atoms with Crippen LogP contribution in [0.4, 0.5) is 0 Å². The minimum atomic E-state index is -0.796. The number of nitrogens with one attached hydrogen (secondary N) is 1. The molecule has 37 heavy (non-hydrogen) atoms. The number of β-lactam (4-membered cyclic amide) rings is 1. The van der Waals surface area contributed by atoms with Crippen molar-refractivity contribution in [3.63, 3.8) is 0 Å². The summed E-state index contributed by atoms with van der Waals surface area (Å²) in [6.07, 6.45) is 0.244. The first-order chi connectivity index (χ1) is 17.8. The highest BCUT2D eigenvalue weighted by Crippen LogP contribution is 2.45. The Bertz CT molecular complexity index is 1240. The summed E-state index contributed by atoms with van der Waals surface area (Å²) in [6, 6.07) is 6.56. The van der Waals surface area contributed by atoms with Crippen LogP contribution >= 0.6 is 46.5 Å². The third-order valence-electron chi connectivity index (χ3n) is 5.40. The lowest BCUT2D eigenvalue weighted by Gasteiger charge is -2.49. The molecule has 1 saturated heterocycles. The van der Waals surface area contributed by atoms with Crippen LogP contribution in [0.1, 0.15) is 29.5 Å². The number of hydrogen-bond donors (Lipinski definition) is 1. The van der Waals surface area contributed by atoms with Crippen molar-refractivity contribution in [3.8, 4) is 0 Å². The molecule has 1 aromatic carbocycles. The molecule has 2 aliphatic rings. The quantitative estimate of drug-likeness (QED) is 0.193. The number of esters is 2. The fraction of sp³-hybridized carbons (Fsp3) is 0.391. The van der Waals surface area contributed by atoms with E-state index >= 15 is 0 Å². The summed E-state index contributed by atoms with van der Waals surface area (Å²) in [4.78, 5) is 52.1. The third kappa shape index (κ3) is 6.46. The van der Waals surface area contributed by atoms with E-state index in [1.54, 1.807) is 6.92 Å². The largest absolute Gasteiger partial charge is 0.428 e. The normalized spacial score (nSPS) is 18.7. The van der Waals surface area contributed by atoms with Crippen molar-refractivity contribution in [2.75, 3.05) is 12.5 Å². The highest BCUT2D eigenvalue weighted by atomic mass is 35.5. The first kappa shape index (κ1) is 27.4. The number of amides is 2. The molecular weight excluding hydrogens is 560 g/mol. The van der Waals surface area contributed by atoms with Crippen LogP contribution in [-0.4, -0.2) is 62.8 Å². The monoisotopic (exact) mass is 582 g/mol. The molecule has 0 aliphatic carbocycles. The predicted octanol–water partition coefficient (Wildman–Crippen LogP) is 2.99. The maximum Gasteiger partial charge on any atom is 0.358 e. The van der Waals surface area contributed by atoms with Gasteiger partial charge in [-0.1, -0.05) is 54.3 Å². The molecule has 0 saturated carbocycles. The van der Waals surface area contributed by atoms with E-state index in [-0.39, 0.29) is 24.4 Å². The highest BCUT2D eigenvalue weighted by Gasteiger charge is 2.54. The Balaban J connectivity index is 1.47. The molecule has 14 heteroatoms. The maximum absolute atomic E-state index is 13.1. The molecule has 1 aromatic heterocycles. The summed E-state index contributed by atoms with van der Waals surface area (Å²) < 4.78 is 10.6. The van der Waals surface area contributed by atoms with E-state index in [4.69, 9.17) is 21.1 Å². The van der Waals surface area contributed by atoms with Gasteiger partial charge in [-0.05, 0) is 18.1 Å². The number of carbonyl (C=O) groups is 4. The molecule has 2 aliphatic heterocycles. The van der Waals surface area contributed by atoms with Crippen molar-refractivity contribution >= 4 is 70.2 Å². The van der Waals surface area contributed by atoms with Crippen LogP contribution in [0.5, 0.6) is 0 Å². The Hall–Kier alpha value is -2.61. The Labute approximate surface area is 230 Å². The molecule has 1 N–H and O–H groups in total. The van der Waals surface area contributed by atoms with Crippen molar-refractivity contribution < 1.29 is 28.7 Å². The topological polar surface area (TPSA) is 128 Å². The van der Waals surface area contributed by atoms with Gasteiger partial charge in [0.25, 0.3) is 5.91 Å². The Morgan fingerprint density at radius 1 is 1.19 bits per heavy atom. The standard InChI is InChI=1S/C23H23ClN4O6S3/c1-3-17(30)33-11-34-22(32)19-15(37-23-27-26-12(2)36-23)10-35-21-18(20(31)28(19)21)25-16(29)8-13-4-6-14(9-24)7-5-13/h4-7,18,21H,3,8-11H2,1-2H3,(H,25,29). The van der Waals surface area contributed by atoms with Gasteiger partial charge in [0.1, 0.15) is 22.1 Å². The number of fused-ring (bicyclic) bond motifs is 1. The van der Waals surface area contributed by atoms with Gasteiger partial charge in [-0.3, -0.25) is 19.3 Å². The van der Waals surface area contributed by atoms with Gasteiger partial charge in [0.15, 0.2) is 4.34 Å². The van der Waals surface area contributed by atoms with Gasteiger partial charge >= 0.3 is 11.9 Å². The first-order valence-electron chi connectivity index (χ1n) is 11.2. The van der Waals surface area contributed by atoms with Crippen LogP contribution < -0.4 is 5.32 Å². The molecule has 196 valence electrons. The summed E-state index contributed by atoms with van der Waals surface area (Å²) in [5.41, 5.74) is 1.80. The van der Waals surface area contributed by atoms with E-state index < -0.39 is 36.1 Å². The Morgan fingerprint density at radius 3 is 2.57 bits per heavy atom. The van der Waals surface area contributed by atoms with Crippen LogP contribution in [0.25, 0.3) is 0 Å². The zero-order valence-corrected chi connectivity index (χ0v) is 23.1. The van der Waals surface area contributed by atoms with Crippen LogP contribution in [0.3, 0.4) is 0 Å². The third-order valence-corrected chi connectivity index (χ3v) is 9.15. The predicted molar refractivity (Wildman–Crippen MR) is 140 cm³/mol. The van der Waals surface area contributed by atoms with Crippen molar-refractivity contribution in [2.45, 2.75) is 48.3 Å². The van der Waals surface area contributed by atoms with E-state index in [2.05, 4.69) is 15.5 Å². The fourth-order valence-electron chi connectivity index (χ4n) is 3.56. The number of aryl methyl sites for hydroxylation is 1. The van der Waals surface area contributed by atoms with Crippen molar-refractivity contribution in [3.05, 3.63) is 51.0 Å². The van der Waals surface area contributed by atoms with Crippen LogP contribution in [0.2, 0.25) is 0 Å². The van der Waals surface area contributed by atoms with E-state index in [1.807, 2.05) is 31.2 Å². The van der Waals surface area contributed by atoms with E-state index in [0.717, 1.165) is 16.1 Å². The van der Waals surface area contributed by atoms with Gasteiger partial charge in [0.2, 0.25) is 12.7 Å². The lowest BCUT2D eigenvalue weighted by Crippen LogP contribution is -2.70. The van der Waals surface area contributed by atoms with Crippen molar-refractivity contribution in [1.29, 1.82) is 0 Å². The Kier molecular flexibility index (Phi) is 9.11. The van der Waals surface area contributed by atoms with Crippen LogP contribution in [-0.2, 0) is 41.0 Å². The number of thioether (sulfide) groups is 2. The number of hydrogen-bond acceptors (Lipinski definition) is 11. The van der Waals surface area contributed by atoms with E-state index in [9.17, 15) is 19.2 Å². The van der Waals surface area contributed by atoms with Gasteiger partial charge in [-0.15, -0.1) is 33.6 Å². The number of aromatic nitrogens is 2. The molecule has 2 amide bonds. The maximum atomic E-state index is 13.1. The second kappa shape index (κ2) is 12.3. The summed E-state index contributed by atoms with van der Waals surface area (Å²) >= 11 is 9.83. The number of carbonyl (C=O) groups excluding carboxylic acids is 4. The first-order valence-corrected chi connectivity index (χ1v) is 14.4. The fourth-order valence-corrected chi connectivity index (χ4v) is 7.19. The number of rotatable bonds is 10. The summed E-state index contributed by atoms with van der Waals surface area (Å²) in [5.74, 6) is -1.26. The van der Waals surface area contributed by atoms with Crippen LogP contribution in [0.15, 0.2) is 39.2 Å². The minimum Gasteiger partial charge on any atom is -0.428 e. The molecule has 4 rings (SSSR count). The summed E-state index contributed by atoms with van der Waals surface area (Å²) in [5, 5.41) is 11.2. The van der Waals surface area contributed by atoms with Gasteiger partial charge in [0.05, 0.1) is 6.42 Å². The second-order valence-electron chi connectivity index (χ2n) is 7.96. The molecule has 0 bridgehead atoms. The van der Waals surface area contributed by atoms with Gasteiger partial charge in [0, 0.05) is 23.0 Å². The molecule has 1 fully saturated rings.